The zero-order valence-corrected chi connectivity index (χ0v) is 11.7. The zero-order valence-electron chi connectivity index (χ0n) is 11.7. The molecule has 0 atom stereocenters. The molecule has 0 aromatic heterocycles. The van der Waals surface area contributed by atoms with Crippen LogP contribution in [-0.4, -0.2) is 30.7 Å². The molecule has 0 radical (unpaired) electrons. The van der Waals surface area contributed by atoms with Gasteiger partial charge in [-0.1, -0.05) is 18.2 Å². The molecule has 1 aromatic carbocycles. The second-order valence-electron chi connectivity index (χ2n) is 4.29. The van der Waals surface area contributed by atoms with Crippen LogP contribution in [0, 0.1) is 0 Å². The van der Waals surface area contributed by atoms with Crippen molar-refractivity contribution in [2.75, 3.05) is 18.9 Å². The zero-order chi connectivity index (χ0) is 15.2. The first kappa shape index (κ1) is 16.0. The Morgan fingerprint density at radius 3 is 2.05 bits per heavy atom. The fourth-order valence-corrected chi connectivity index (χ4v) is 1.74. The van der Waals surface area contributed by atoms with E-state index in [0.717, 1.165) is 0 Å². The van der Waals surface area contributed by atoms with Gasteiger partial charge in [-0.2, -0.15) is 0 Å². The molecule has 0 saturated carbocycles. The van der Waals surface area contributed by atoms with Crippen LogP contribution in [0.5, 0.6) is 0 Å². The number of carbonyl (C=O) groups excluding carboxylic acids is 2. The lowest BCUT2D eigenvalue weighted by Crippen LogP contribution is -2.58. The van der Waals surface area contributed by atoms with E-state index in [-0.39, 0.29) is 19.6 Å². The summed E-state index contributed by atoms with van der Waals surface area (Å²) in [5.41, 5.74) is 10.9. The van der Waals surface area contributed by atoms with Gasteiger partial charge in [-0.3, -0.25) is 0 Å². The van der Waals surface area contributed by atoms with Gasteiger partial charge in [0.2, 0.25) is 5.54 Å². The molecule has 6 heteroatoms. The molecule has 0 bridgehead atoms. The summed E-state index contributed by atoms with van der Waals surface area (Å²) in [7, 11) is 0. The van der Waals surface area contributed by atoms with Gasteiger partial charge in [0.05, 0.1) is 13.2 Å². The topological polar surface area (TPSA) is 105 Å². The molecule has 0 spiro atoms. The van der Waals surface area contributed by atoms with Crippen LogP contribution >= 0.6 is 0 Å². The quantitative estimate of drug-likeness (QED) is 0.450. The number of hydrogen-bond acceptors (Lipinski definition) is 6. The summed E-state index contributed by atoms with van der Waals surface area (Å²) >= 11 is 0. The van der Waals surface area contributed by atoms with E-state index < -0.39 is 17.5 Å². The second-order valence-corrected chi connectivity index (χ2v) is 4.29. The van der Waals surface area contributed by atoms with Gasteiger partial charge >= 0.3 is 11.9 Å². The Kier molecular flexibility index (Phi) is 5.52. The largest absolute Gasteiger partial charge is 0.464 e. The van der Waals surface area contributed by atoms with Crippen molar-refractivity contribution in [3.05, 3.63) is 29.8 Å². The normalized spacial score (nSPS) is 10.9. The van der Waals surface area contributed by atoms with Gasteiger partial charge in [0, 0.05) is 12.1 Å². The molecule has 0 aliphatic carbocycles. The van der Waals surface area contributed by atoms with E-state index in [1.165, 1.54) is 0 Å². The minimum absolute atomic E-state index is 0.0721. The Balaban J connectivity index is 3.08. The molecule has 20 heavy (non-hydrogen) atoms. The summed E-state index contributed by atoms with van der Waals surface area (Å²) in [6.45, 7) is 3.53. The highest BCUT2D eigenvalue weighted by molar-refractivity contribution is 6.05. The minimum atomic E-state index is -1.89. The van der Waals surface area contributed by atoms with Crippen molar-refractivity contribution in [2.24, 2.45) is 5.73 Å². The van der Waals surface area contributed by atoms with E-state index in [9.17, 15) is 9.59 Å². The molecule has 0 saturated heterocycles. The van der Waals surface area contributed by atoms with E-state index in [0.29, 0.717) is 11.3 Å². The molecule has 6 nitrogen and oxygen atoms in total. The third-order valence-corrected chi connectivity index (χ3v) is 2.80. The molecule has 0 amide bonds. The van der Waals surface area contributed by atoms with E-state index >= 15 is 0 Å². The van der Waals surface area contributed by atoms with Crippen LogP contribution in [0.2, 0.25) is 0 Å². The molecular weight excluding hydrogens is 260 g/mol. The number of hydrogen-bond donors (Lipinski definition) is 2. The van der Waals surface area contributed by atoms with Gasteiger partial charge in [0.15, 0.2) is 0 Å². The fraction of sp³-hybridized carbons (Fsp3) is 0.429. The molecule has 0 heterocycles. The van der Waals surface area contributed by atoms with Crippen molar-refractivity contribution in [3.8, 4) is 0 Å². The van der Waals surface area contributed by atoms with Gasteiger partial charge in [-0.25, -0.2) is 9.59 Å². The maximum Gasteiger partial charge on any atom is 0.338 e. The number of benzene rings is 1. The molecule has 4 N–H and O–H groups in total. The Labute approximate surface area is 118 Å². The summed E-state index contributed by atoms with van der Waals surface area (Å²) < 4.78 is 9.76. The third kappa shape index (κ3) is 3.48. The predicted octanol–water partition coefficient (Wildman–Crippen LogP) is 0.635. The predicted molar refractivity (Wildman–Crippen MR) is 74.7 cm³/mol. The summed E-state index contributed by atoms with van der Waals surface area (Å²) in [5, 5.41) is 0. The smallest absolute Gasteiger partial charge is 0.338 e. The maximum absolute atomic E-state index is 12.0. The number of carbonyl (C=O) groups is 2. The highest BCUT2D eigenvalue weighted by Gasteiger charge is 2.45. The first-order chi connectivity index (χ1) is 9.45. The SMILES string of the molecule is CCOC(=O)C(N)(Cc1ccccc1N)C(=O)OCC. The van der Waals surface area contributed by atoms with E-state index in [1.807, 2.05) is 0 Å². The van der Waals surface area contributed by atoms with Crippen molar-refractivity contribution < 1.29 is 19.1 Å². The lowest BCUT2D eigenvalue weighted by Gasteiger charge is -2.25. The van der Waals surface area contributed by atoms with Crippen molar-refractivity contribution in [2.45, 2.75) is 25.8 Å². The van der Waals surface area contributed by atoms with Crippen LogP contribution in [0.4, 0.5) is 5.69 Å². The van der Waals surface area contributed by atoms with Crippen molar-refractivity contribution >= 4 is 17.6 Å². The van der Waals surface area contributed by atoms with Crippen molar-refractivity contribution in [1.82, 2.24) is 0 Å². The number of anilines is 1. The standard InChI is InChI=1S/C14H20N2O4/c1-3-19-12(17)14(16,13(18)20-4-2)9-10-7-5-6-8-11(10)15/h5-8H,3-4,9,15-16H2,1-2H3. The molecule has 0 aliphatic heterocycles. The number of esters is 2. The number of ether oxygens (including phenoxy) is 2. The molecule has 1 rings (SSSR count). The van der Waals surface area contributed by atoms with Gasteiger partial charge in [0.1, 0.15) is 0 Å². The Morgan fingerprint density at radius 1 is 1.10 bits per heavy atom. The molecule has 110 valence electrons. The number of para-hydroxylation sites is 1. The molecule has 0 aliphatic rings. The Morgan fingerprint density at radius 2 is 1.60 bits per heavy atom. The van der Waals surface area contributed by atoms with Gasteiger partial charge in [-0.05, 0) is 25.5 Å². The lowest BCUT2D eigenvalue weighted by atomic mass is 9.91. The first-order valence-corrected chi connectivity index (χ1v) is 6.42. The highest BCUT2D eigenvalue weighted by atomic mass is 16.6. The van der Waals surface area contributed by atoms with Crippen LogP contribution in [0.1, 0.15) is 19.4 Å². The van der Waals surface area contributed by atoms with Crippen LogP contribution in [0.3, 0.4) is 0 Å². The first-order valence-electron chi connectivity index (χ1n) is 6.42. The van der Waals surface area contributed by atoms with Gasteiger partial charge < -0.3 is 20.9 Å². The Hall–Kier alpha value is -2.08. The fourth-order valence-electron chi connectivity index (χ4n) is 1.74. The second kappa shape index (κ2) is 6.91. The summed E-state index contributed by atoms with van der Waals surface area (Å²) in [5.74, 6) is -1.64. The van der Waals surface area contributed by atoms with E-state index in [1.54, 1.807) is 38.1 Å². The van der Waals surface area contributed by atoms with Gasteiger partial charge in [0.25, 0.3) is 0 Å². The molecular formula is C14H20N2O4. The van der Waals surface area contributed by atoms with Crippen LogP contribution < -0.4 is 11.5 Å². The van der Waals surface area contributed by atoms with Gasteiger partial charge in [-0.15, -0.1) is 0 Å². The average Bonchev–Trinajstić information content (AvgIpc) is 2.41. The molecule has 0 unspecified atom stereocenters. The summed E-state index contributed by atoms with van der Waals surface area (Å²) in [6, 6.07) is 6.88. The number of nitrogen functional groups attached to an aromatic ring is 1. The lowest BCUT2D eigenvalue weighted by molar-refractivity contribution is -0.163. The average molecular weight is 280 g/mol. The van der Waals surface area contributed by atoms with Crippen LogP contribution in [0.15, 0.2) is 24.3 Å². The Bertz CT molecular complexity index is 470. The molecule has 1 aromatic rings. The van der Waals surface area contributed by atoms with Crippen LogP contribution in [-0.2, 0) is 25.5 Å². The minimum Gasteiger partial charge on any atom is -0.464 e. The van der Waals surface area contributed by atoms with Crippen LogP contribution in [0.25, 0.3) is 0 Å². The van der Waals surface area contributed by atoms with Crippen molar-refractivity contribution in [3.63, 3.8) is 0 Å². The number of nitrogens with two attached hydrogens (primary N) is 2. The summed E-state index contributed by atoms with van der Waals surface area (Å²) in [6.07, 6.45) is -0.0721. The van der Waals surface area contributed by atoms with E-state index in [2.05, 4.69) is 0 Å². The monoisotopic (exact) mass is 280 g/mol. The maximum atomic E-state index is 12.0. The third-order valence-electron chi connectivity index (χ3n) is 2.80. The highest BCUT2D eigenvalue weighted by Crippen LogP contribution is 2.20. The van der Waals surface area contributed by atoms with E-state index in [4.69, 9.17) is 20.9 Å². The summed E-state index contributed by atoms with van der Waals surface area (Å²) in [4.78, 5) is 24.0. The number of rotatable bonds is 6. The van der Waals surface area contributed by atoms with Crippen molar-refractivity contribution in [1.29, 1.82) is 0 Å². The molecule has 0 fully saturated rings.